The Hall–Kier alpha value is -3.35. The highest BCUT2D eigenvalue weighted by Crippen LogP contribution is 2.23. The highest BCUT2D eigenvalue weighted by Gasteiger charge is 2.11. The number of aromatic nitrogens is 2. The lowest BCUT2D eigenvalue weighted by atomic mass is 10.1. The van der Waals surface area contributed by atoms with Gasteiger partial charge in [-0.25, -0.2) is 4.79 Å². The minimum atomic E-state index is -0.289. The molecule has 0 aliphatic heterocycles. The first-order chi connectivity index (χ1) is 13.9. The smallest absolute Gasteiger partial charge is 0.319 e. The topological polar surface area (TPSA) is 89.3 Å². The number of hydrogen-bond donors (Lipinski definition) is 2. The Labute approximate surface area is 170 Å². The quantitative estimate of drug-likeness (QED) is 0.568. The molecule has 2 N–H and O–H groups in total. The van der Waals surface area contributed by atoms with Crippen LogP contribution in [0.1, 0.15) is 36.7 Å². The van der Waals surface area contributed by atoms with E-state index in [0.717, 1.165) is 22.4 Å². The van der Waals surface area contributed by atoms with Gasteiger partial charge in [0, 0.05) is 17.2 Å². The number of carbonyl (C=O) groups excluding carboxylic acids is 1. The second kappa shape index (κ2) is 9.23. The predicted octanol–water partition coefficient (Wildman–Crippen LogP) is 4.68. The summed E-state index contributed by atoms with van der Waals surface area (Å²) >= 11 is 0. The highest BCUT2D eigenvalue weighted by atomic mass is 16.5. The third kappa shape index (κ3) is 5.34. The van der Waals surface area contributed by atoms with Gasteiger partial charge in [0.05, 0.1) is 6.54 Å². The van der Waals surface area contributed by atoms with E-state index >= 15 is 0 Å². The molecule has 2 amide bonds. The number of aryl methyl sites for hydroxylation is 2. The molecule has 0 aliphatic rings. The summed E-state index contributed by atoms with van der Waals surface area (Å²) in [4.78, 5) is 16.4. The molecule has 0 atom stereocenters. The maximum absolute atomic E-state index is 12.1. The van der Waals surface area contributed by atoms with Gasteiger partial charge in [-0.1, -0.05) is 37.2 Å². The normalized spacial score (nSPS) is 10.8. The van der Waals surface area contributed by atoms with Gasteiger partial charge in [0.1, 0.15) is 12.4 Å². The van der Waals surface area contributed by atoms with Crippen LogP contribution in [0.2, 0.25) is 0 Å². The highest BCUT2D eigenvalue weighted by molar-refractivity contribution is 5.89. The molecular weight excluding hydrogens is 368 g/mol. The molecule has 1 aromatic heterocycles. The van der Waals surface area contributed by atoms with Crippen LogP contribution >= 0.6 is 0 Å². The average molecular weight is 394 g/mol. The Morgan fingerprint density at radius 3 is 2.41 bits per heavy atom. The Morgan fingerprint density at radius 2 is 1.79 bits per heavy atom. The van der Waals surface area contributed by atoms with E-state index in [-0.39, 0.29) is 11.9 Å². The van der Waals surface area contributed by atoms with E-state index in [0.29, 0.717) is 30.6 Å². The van der Waals surface area contributed by atoms with Crippen molar-refractivity contribution in [2.75, 3.05) is 18.5 Å². The molecule has 0 aliphatic carbocycles. The molecule has 7 nitrogen and oxygen atoms in total. The molecule has 0 saturated carbocycles. The molecule has 3 rings (SSSR count). The van der Waals surface area contributed by atoms with Gasteiger partial charge >= 0.3 is 6.03 Å². The molecule has 152 valence electrons. The lowest BCUT2D eigenvalue weighted by Crippen LogP contribution is -2.32. The van der Waals surface area contributed by atoms with Crippen molar-refractivity contribution in [2.45, 2.75) is 33.6 Å². The van der Waals surface area contributed by atoms with Crippen LogP contribution in [0.15, 0.2) is 47.0 Å². The van der Waals surface area contributed by atoms with Gasteiger partial charge in [0.15, 0.2) is 5.82 Å². The summed E-state index contributed by atoms with van der Waals surface area (Å²) in [6.07, 6.45) is 0. The number of nitrogens with one attached hydrogen (secondary N) is 2. The van der Waals surface area contributed by atoms with Crippen LogP contribution in [-0.4, -0.2) is 29.3 Å². The fraction of sp³-hybridized carbons (Fsp3) is 0.318. The van der Waals surface area contributed by atoms with Crippen molar-refractivity contribution in [3.05, 3.63) is 59.4 Å². The number of rotatable bonds is 7. The zero-order chi connectivity index (χ0) is 20.8. The van der Waals surface area contributed by atoms with Crippen molar-refractivity contribution in [2.24, 2.45) is 0 Å². The van der Waals surface area contributed by atoms with Crippen molar-refractivity contribution in [1.82, 2.24) is 15.5 Å². The zero-order valence-electron chi connectivity index (χ0n) is 17.2. The summed E-state index contributed by atoms with van der Waals surface area (Å²) in [5.74, 6) is 2.21. The molecular formula is C22H26N4O3. The first kappa shape index (κ1) is 20.4. The molecule has 29 heavy (non-hydrogen) atoms. The fourth-order valence-electron chi connectivity index (χ4n) is 2.80. The second-order valence-corrected chi connectivity index (χ2v) is 7.14. The lowest BCUT2D eigenvalue weighted by molar-refractivity contribution is 0.247. The minimum Gasteiger partial charge on any atom is -0.491 e. The Morgan fingerprint density at radius 1 is 1.10 bits per heavy atom. The van der Waals surface area contributed by atoms with E-state index in [1.807, 2.05) is 58.0 Å². The van der Waals surface area contributed by atoms with Gasteiger partial charge in [-0.3, -0.25) is 0 Å². The number of hydrogen-bond acceptors (Lipinski definition) is 5. The third-order valence-electron chi connectivity index (χ3n) is 4.39. The van der Waals surface area contributed by atoms with E-state index in [1.54, 1.807) is 12.1 Å². The number of ether oxygens (including phenoxy) is 1. The molecule has 0 unspecified atom stereocenters. The average Bonchev–Trinajstić information content (AvgIpc) is 3.18. The molecule has 7 heteroatoms. The number of benzene rings is 2. The van der Waals surface area contributed by atoms with E-state index in [2.05, 4.69) is 20.8 Å². The van der Waals surface area contributed by atoms with Crippen molar-refractivity contribution in [3.8, 4) is 17.2 Å². The number of amides is 2. The number of carbonyl (C=O) groups is 1. The van der Waals surface area contributed by atoms with E-state index in [1.165, 1.54) is 0 Å². The minimum absolute atomic E-state index is 0.204. The van der Waals surface area contributed by atoms with Crippen molar-refractivity contribution in [1.29, 1.82) is 0 Å². The van der Waals surface area contributed by atoms with Gasteiger partial charge in [-0.15, -0.1) is 0 Å². The SMILES string of the molecule is Cc1cccc(C)c1OCCNC(=O)Nc1ccc(-c2nc(C(C)C)no2)cc1. The third-order valence-corrected chi connectivity index (χ3v) is 4.39. The molecule has 0 radical (unpaired) electrons. The van der Waals surface area contributed by atoms with Gasteiger partial charge in [0.25, 0.3) is 5.89 Å². The largest absolute Gasteiger partial charge is 0.491 e. The van der Waals surface area contributed by atoms with Gasteiger partial charge in [0.2, 0.25) is 0 Å². The van der Waals surface area contributed by atoms with Crippen LogP contribution in [0.4, 0.5) is 10.5 Å². The van der Waals surface area contributed by atoms with Gasteiger partial charge in [-0.05, 0) is 49.2 Å². The number of anilines is 1. The summed E-state index contributed by atoms with van der Waals surface area (Å²) in [7, 11) is 0. The van der Waals surface area contributed by atoms with Crippen LogP contribution in [0.25, 0.3) is 11.5 Å². The summed E-state index contributed by atoms with van der Waals surface area (Å²) in [5, 5.41) is 9.54. The maximum atomic E-state index is 12.1. The lowest BCUT2D eigenvalue weighted by Gasteiger charge is -2.12. The van der Waals surface area contributed by atoms with E-state index in [9.17, 15) is 4.79 Å². The van der Waals surface area contributed by atoms with Gasteiger partial charge < -0.3 is 19.9 Å². The van der Waals surface area contributed by atoms with Crippen LogP contribution in [0.5, 0.6) is 5.75 Å². The van der Waals surface area contributed by atoms with Crippen LogP contribution in [0, 0.1) is 13.8 Å². The Kier molecular flexibility index (Phi) is 6.49. The fourth-order valence-corrected chi connectivity index (χ4v) is 2.80. The van der Waals surface area contributed by atoms with Crippen molar-refractivity contribution in [3.63, 3.8) is 0 Å². The zero-order valence-corrected chi connectivity index (χ0v) is 17.2. The summed E-state index contributed by atoms with van der Waals surface area (Å²) < 4.78 is 11.1. The number of para-hydroxylation sites is 1. The van der Waals surface area contributed by atoms with Crippen LogP contribution in [0.3, 0.4) is 0 Å². The molecule has 1 heterocycles. The molecule has 2 aromatic carbocycles. The summed E-state index contributed by atoms with van der Waals surface area (Å²) in [6.45, 7) is 8.82. The standard InChI is InChI=1S/C22H26N4O3/c1-14(2)20-25-21(29-26-20)17-8-10-18(11-9-17)24-22(27)23-12-13-28-19-15(3)6-5-7-16(19)4/h5-11,14H,12-13H2,1-4H3,(H2,23,24,27). The Balaban J connectivity index is 1.47. The summed E-state index contributed by atoms with van der Waals surface area (Å²) in [5.41, 5.74) is 3.63. The van der Waals surface area contributed by atoms with Crippen LogP contribution in [-0.2, 0) is 0 Å². The molecule has 0 spiro atoms. The summed E-state index contributed by atoms with van der Waals surface area (Å²) in [6, 6.07) is 13.0. The first-order valence-corrected chi connectivity index (χ1v) is 9.62. The molecule has 0 saturated heterocycles. The van der Waals surface area contributed by atoms with E-state index < -0.39 is 0 Å². The second-order valence-electron chi connectivity index (χ2n) is 7.14. The van der Waals surface area contributed by atoms with Crippen molar-refractivity contribution < 1.29 is 14.1 Å². The maximum Gasteiger partial charge on any atom is 0.319 e. The monoisotopic (exact) mass is 394 g/mol. The van der Waals surface area contributed by atoms with E-state index in [4.69, 9.17) is 9.26 Å². The predicted molar refractivity (Wildman–Crippen MR) is 112 cm³/mol. The first-order valence-electron chi connectivity index (χ1n) is 9.62. The van der Waals surface area contributed by atoms with Crippen molar-refractivity contribution >= 4 is 11.7 Å². The molecule has 3 aromatic rings. The Bertz CT molecular complexity index is 944. The van der Waals surface area contributed by atoms with Crippen LogP contribution < -0.4 is 15.4 Å². The number of urea groups is 1. The van der Waals surface area contributed by atoms with Gasteiger partial charge in [-0.2, -0.15) is 4.98 Å². The number of nitrogens with zero attached hydrogens (tertiary/aromatic N) is 2. The molecule has 0 fully saturated rings. The molecule has 0 bridgehead atoms.